The lowest BCUT2D eigenvalue weighted by molar-refractivity contribution is -0.00512. The van der Waals surface area contributed by atoms with E-state index in [1.165, 1.54) is 10.2 Å². The van der Waals surface area contributed by atoms with Crippen molar-refractivity contribution in [2.45, 2.75) is 61.6 Å². The second kappa shape index (κ2) is 8.84. The zero-order valence-electron chi connectivity index (χ0n) is 18.7. The van der Waals surface area contributed by atoms with Crippen LogP contribution in [-0.4, -0.2) is 79.3 Å². The van der Waals surface area contributed by atoms with E-state index < -0.39 is 34.0 Å². The van der Waals surface area contributed by atoms with Crippen LogP contribution in [-0.2, 0) is 9.84 Å². The second-order valence-corrected chi connectivity index (χ2v) is 11.1. The summed E-state index contributed by atoms with van der Waals surface area (Å²) in [4.78, 5) is 8.62. The summed E-state index contributed by atoms with van der Waals surface area (Å²) in [5.74, 6) is -0.0809. The molecule has 0 spiro atoms. The number of sulfone groups is 1. The molecule has 0 bridgehead atoms. The molecule has 0 aliphatic heterocycles. The number of rotatable bonds is 8. The Morgan fingerprint density at radius 1 is 1.12 bits per heavy atom. The number of hydrogen-bond acceptors (Lipinski definition) is 10. The Morgan fingerprint density at radius 3 is 2.56 bits per heavy atom. The van der Waals surface area contributed by atoms with E-state index in [-0.39, 0.29) is 47.4 Å². The largest absolute Gasteiger partial charge is 0.396 e. The van der Waals surface area contributed by atoms with Gasteiger partial charge in [0.05, 0.1) is 17.9 Å². The monoisotopic (exact) mass is 488 g/mol. The molecule has 0 radical (unpaired) electrons. The lowest BCUT2D eigenvalue weighted by Gasteiger charge is -2.17. The highest BCUT2D eigenvalue weighted by Gasteiger charge is 2.44. The van der Waals surface area contributed by atoms with E-state index in [4.69, 9.17) is 0 Å². The van der Waals surface area contributed by atoms with Crippen LogP contribution in [0, 0.1) is 5.92 Å². The summed E-state index contributed by atoms with van der Waals surface area (Å²) in [7, 11) is -3.75. The highest BCUT2D eigenvalue weighted by molar-refractivity contribution is 7.91. The van der Waals surface area contributed by atoms with E-state index in [1.807, 2.05) is 18.2 Å². The van der Waals surface area contributed by atoms with Crippen LogP contribution in [0.4, 0.5) is 5.82 Å². The van der Waals surface area contributed by atoms with Crippen LogP contribution in [0.1, 0.15) is 43.7 Å². The van der Waals surface area contributed by atoms with Crippen LogP contribution in [0.3, 0.4) is 0 Å². The van der Waals surface area contributed by atoms with Gasteiger partial charge in [-0.05, 0) is 24.8 Å². The number of fused-ring (bicyclic) bond motifs is 1. The van der Waals surface area contributed by atoms with E-state index in [2.05, 4.69) is 37.7 Å². The molecule has 4 N–H and O–H groups in total. The molecule has 2 heterocycles. The Bertz CT molecular complexity index is 1280. The predicted molar refractivity (Wildman–Crippen MR) is 123 cm³/mol. The van der Waals surface area contributed by atoms with Gasteiger partial charge < -0.3 is 20.6 Å². The lowest BCUT2D eigenvalue weighted by atomic mass is 10.1. The van der Waals surface area contributed by atoms with Gasteiger partial charge in [-0.3, -0.25) is 0 Å². The summed E-state index contributed by atoms with van der Waals surface area (Å²) in [6, 6.07) is 9.39. The number of aliphatic hydroxyl groups excluding tert-OH is 3. The lowest BCUT2D eigenvalue weighted by Crippen LogP contribution is -2.31. The molecular formula is C22H28N6O5S. The van der Waals surface area contributed by atoms with Crippen LogP contribution in [0.5, 0.6) is 0 Å². The van der Waals surface area contributed by atoms with Crippen molar-refractivity contribution in [2.75, 3.05) is 17.7 Å². The fraction of sp³-hybridized carbons (Fsp3) is 0.545. The van der Waals surface area contributed by atoms with Gasteiger partial charge in [0.15, 0.2) is 17.0 Å². The summed E-state index contributed by atoms with van der Waals surface area (Å²) in [5, 5.41) is 41.7. The van der Waals surface area contributed by atoms with Crippen molar-refractivity contribution in [3.05, 3.63) is 35.9 Å². The summed E-state index contributed by atoms with van der Waals surface area (Å²) < 4.78 is 27.1. The number of aromatic nitrogens is 5. The SMILES string of the molecule is CCCS(=O)(=O)c1nc(NC2CC2c2ccccc2)c2nnn(C3CC(CO)C(O)C3O)c2n1. The molecule has 3 aromatic rings. The van der Waals surface area contributed by atoms with Gasteiger partial charge in [-0.15, -0.1) is 5.10 Å². The summed E-state index contributed by atoms with van der Waals surface area (Å²) in [5.41, 5.74) is 1.65. The minimum absolute atomic E-state index is 0.0602. The van der Waals surface area contributed by atoms with Gasteiger partial charge in [-0.25, -0.2) is 13.1 Å². The highest BCUT2D eigenvalue weighted by atomic mass is 32.2. The fourth-order valence-corrected chi connectivity index (χ4v) is 5.93. The van der Waals surface area contributed by atoms with Crippen molar-refractivity contribution >= 4 is 26.8 Å². The third-order valence-electron chi connectivity index (χ3n) is 6.71. The zero-order chi connectivity index (χ0) is 24.0. The topological polar surface area (TPSA) is 163 Å². The maximum Gasteiger partial charge on any atom is 0.251 e. The number of anilines is 1. The molecular weight excluding hydrogens is 460 g/mol. The molecule has 34 heavy (non-hydrogen) atoms. The Morgan fingerprint density at radius 2 is 1.88 bits per heavy atom. The normalized spacial score (nSPS) is 28.9. The molecule has 2 aliphatic carbocycles. The minimum atomic E-state index is -3.75. The molecule has 12 heteroatoms. The first-order valence-electron chi connectivity index (χ1n) is 11.5. The van der Waals surface area contributed by atoms with E-state index in [9.17, 15) is 23.7 Å². The quantitative estimate of drug-likeness (QED) is 0.331. The number of nitrogens with one attached hydrogen (secondary N) is 1. The summed E-state index contributed by atoms with van der Waals surface area (Å²) in [6.07, 6.45) is -0.800. The second-order valence-electron chi connectivity index (χ2n) is 9.11. The Balaban J connectivity index is 1.54. The van der Waals surface area contributed by atoms with Crippen molar-refractivity contribution in [2.24, 2.45) is 5.92 Å². The predicted octanol–water partition coefficient (Wildman–Crippen LogP) is 0.648. The average Bonchev–Trinajstić information content (AvgIpc) is 3.37. The molecule has 0 saturated heterocycles. The van der Waals surface area contributed by atoms with Crippen LogP contribution in [0.2, 0.25) is 0 Å². The standard InChI is InChI=1S/C22H28N6O5S/c1-2-8-34(32,33)22-24-20(23-15-10-14(15)12-6-4-3-5-7-12)17-21(25-22)28(27-26-17)16-9-13(11-29)18(30)19(16)31/h3-7,13-16,18-19,29-31H,2,8-11H2,1H3,(H,23,24,25). The van der Waals surface area contributed by atoms with Gasteiger partial charge in [0.2, 0.25) is 9.84 Å². The number of aliphatic hydroxyl groups is 3. The first kappa shape index (κ1) is 23.1. The number of nitrogens with zero attached hydrogens (tertiary/aromatic N) is 5. The molecule has 6 atom stereocenters. The Kier molecular flexibility index (Phi) is 6.00. The molecule has 2 fully saturated rings. The molecule has 6 unspecified atom stereocenters. The Hall–Kier alpha value is -2.67. The molecule has 1 aromatic carbocycles. The minimum Gasteiger partial charge on any atom is -0.396 e. The molecule has 11 nitrogen and oxygen atoms in total. The van der Waals surface area contributed by atoms with Crippen LogP contribution < -0.4 is 5.32 Å². The van der Waals surface area contributed by atoms with E-state index >= 15 is 0 Å². The van der Waals surface area contributed by atoms with Gasteiger partial charge in [-0.1, -0.05) is 42.5 Å². The number of hydrogen-bond donors (Lipinski definition) is 4. The summed E-state index contributed by atoms with van der Waals surface area (Å²) >= 11 is 0. The third kappa shape index (κ3) is 4.04. The molecule has 0 amide bonds. The van der Waals surface area contributed by atoms with Gasteiger partial charge in [0.25, 0.3) is 5.16 Å². The van der Waals surface area contributed by atoms with Crippen molar-refractivity contribution in [1.82, 2.24) is 25.0 Å². The molecule has 2 aliphatic rings. The van der Waals surface area contributed by atoms with Crippen molar-refractivity contribution < 1.29 is 23.7 Å². The number of benzene rings is 1. The fourth-order valence-electron chi connectivity index (χ4n) is 4.75. The molecule has 2 aromatic heterocycles. The Labute approximate surface area is 196 Å². The van der Waals surface area contributed by atoms with Crippen molar-refractivity contribution in [3.8, 4) is 0 Å². The van der Waals surface area contributed by atoms with Crippen molar-refractivity contribution in [3.63, 3.8) is 0 Å². The maximum absolute atomic E-state index is 12.9. The average molecular weight is 489 g/mol. The van der Waals surface area contributed by atoms with Crippen LogP contribution in [0.25, 0.3) is 11.2 Å². The van der Waals surface area contributed by atoms with E-state index in [1.54, 1.807) is 6.92 Å². The molecule has 2 saturated carbocycles. The first-order valence-corrected chi connectivity index (χ1v) is 13.1. The maximum atomic E-state index is 12.9. The zero-order valence-corrected chi connectivity index (χ0v) is 19.5. The van der Waals surface area contributed by atoms with Gasteiger partial charge in [0, 0.05) is 24.5 Å². The smallest absolute Gasteiger partial charge is 0.251 e. The summed E-state index contributed by atoms with van der Waals surface area (Å²) in [6.45, 7) is 1.48. The van der Waals surface area contributed by atoms with Crippen molar-refractivity contribution in [1.29, 1.82) is 0 Å². The highest BCUT2D eigenvalue weighted by Crippen LogP contribution is 2.43. The molecule has 182 valence electrons. The first-order chi connectivity index (χ1) is 16.3. The van der Waals surface area contributed by atoms with Crippen LogP contribution >= 0.6 is 0 Å². The van der Waals surface area contributed by atoms with Gasteiger partial charge in [0.1, 0.15) is 6.10 Å². The van der Waals surface area contributed by atoms with Gasteiger partial charge >= 0.3 is 0 Å². The van der Waals surface area contributed by atoms with Gasteiger partial charge in [-0.2, -0.15) is 9.97 Å². The van der Waals surface area contributed by atoms with E-state index in [0.717, 1.165) is 6.42 Å². The third-order valence-corrected chi connectivity index (χ3v) is 8.40. The van der Waals surface area contributed by atoms with E-state index in [0.29, 0.717) is 11.9 Å². The molecule has 5 rings (SSSR count). The van der Waals surface area contributed by atoms with Crippen LogP contribution in [0.15, 0.2) is 35.5 Å².